The minimum Gasteiger partial charge on any atom is -0.274 e. The molecule has 1 aromatic rings. The second-order valence-electron chi connectivity index (χ2n) is 7.36. The molecule has 4 rings (SSSR count). The Balaban J connectivity index is 1.74. The van der Waals surface area contributed by atoms with Gasteiger partial charge in [-0.15, -0.1) is 0 Å². The van der Waals surface area contributed by atoms with Crippen LogP contribution in [-0.2, 0) is 15.8 Å². The molecule has 132 valence electrons. The molecule has 0 unspecified atom stereocenters. The SMILES string of the molecule is CC(C)=C1[C@H]2CC[C@H]1[C@@H]1C(=O)N(c3cccc(C(F)(F)F)c3)C(=O)[C@H]12. The van der Waals surface area contributed by atoms with Crippen molar-refractivity contribution in [3.63, 3.8) is 0 Å². The molecule has 2 aliphatic carbocycles. The van der Waals surface area contributed by atoms with Crippen molar-refractivity contribution in [1.29, 1.82) is 0 Å². The maximum atomic E-state index is 13.0. The lowest BCUT2D eigenvalue weighted by Crippen LogP contribution is -2.33. The molecule has 0 radical (unpaired) electrons. The highest BCUT2D eigenvalue weighted by atomic mass is 19.4. The molecule has 0 aromatic heterocycles. The smallest absolute Gasteiger partial charge is 0.274 e. The number of allylic oxidation sites excluding steroid dienone is 2. The zero-order chi connectivity index (χ0) is 18.1. The fourth-order valence-electron chi connectivity index (χ4n) is 5.07. The molecule has 1 saturated heterocycles. The van der Waals surface area contributed by atoms with E-state index in [2.05, 4.69) is 0 Å². The van der Waals surface area contributed by atoms with Crippen molar-refractivity contribution < 1.29 is 22.8 Å². The van der Waals surface area contributed by atoms with E-state index in [0.717, 1.165) is 35.4 Å². The molecular formula is C19H18F3NO2. The number of rotatable bonds is 1. The van der Waals surface area contributed by atoms with E-state index in [4.69, 9.17) is 0 Å². The highest BCUT2D eigenvalue weighted by Crippen LogP contribution is 2.60. The van der Waals surface area contributed by atoms with E-state index < -0.39 is 23.6 Å². The van der Waals surface area contributed by atoms with Gasteiger partial charge in [0.15, 0.2) is 0 Å². The van der Waals surface area contributed by atoms with E-state index >= 15 is 0 Å². The Bertz CT molecular complexity index is 775. The first-order chi connectivity index (χ1) is 11.7. The van der Waals surface area contributed by atoms with Crippen LogP contribution < -0.4 is 4.90 Å². The molecule has 1 aliphatic heterocycles. The molecule has 2 bridgehead atoms. The summed E-state index contributed by atoms with van der Waals surface area (Å²) in [6.07, 6.45) is -2.75. The lowest BCUT2D eigenvalue weighted by molar-refractivity contribution is -0.137. The van der Waals surface area contributed by atoms with Gasteiger partial charge in [0.25, 0.3) is 0 Å². The summed E-state index contributed by atoms with van der Waals surface area (Å²) < 4.78 is 38.9. The number of halogens is 3. The van der Waals surface area contributed by atoms with Gasteiger partial charge in [-0.1, -0.05) is 17.2 Å². The third kappa shape index (κ3) is 2.19. The van der Waals surface area contributed by atoms with Gasteiger partial charge < -0.3 is 0 Å². The Morgan fingerprint density at radius 3 is 2.08 bits per heavy atom. The number of anilines is 1. The highest BCUT2D eigenvalue weighted by molar-refractivity contribution is 6.23. The van der Waals surface area contributed by atoms with Crippen molar-refractivity contribution in [2.45, 2.75) is 32.9 Å². The standard InChI is InChI=1S/C19H18F3NO2/c1-9(2)14-12-6-7-13(14)16-15(12)17(24)23(18(16)25)11-5-3-4-10(8-11)19(20,21)22/h3-5,8,12-13,15-16H,6-7H2,1-2H3/t12-,13-,15+,16+/m1/s1. The summed E-state index contributed by atoms with van der Waals surface area (Å²) in [7, 11) is 0. The third-order valence-corrected chi connectivity index (χ3v) is 5.86. The molecule has 3 nitrogen and oxygen atoms in total. The number of alkyl halides is 3. The average molecular weight is 349 g/mol. The van der Waals surface area contributed by atoms with E-state index in [-0.39, 0.29) is 29.3 Å². The van der Waals surface area contributed by atoms with Crippen molar-refractivity contribution in [1.82, 2.24) is 0 Å². The normalized spacial score (nSPS) is 31.1. The van der Waals surface area contributed by atoms with Crippen LogP contribution >= 0.6 is 0 Å². The first-order valence-electron chi connectivity index (χ1n) is 8.44. The Morgan fingerprint density at radius 2 is 1.60 bits per heavy atom. The van der Waals surface area contributed by atoms with Crippen LogP contribution in [0.15, 0.2) is 35.4 Å². The summed E-state index contributed by atoms with van der Waals surface area (Å²) >= 11 is 0. The Morgan fingerprint density at radius 1 is 1.04 bits per heavy atom. The maximum absolute atomic E-state index is 13.0. The third-order valence-electron chi connectivity index (χ3n) is 5.86. The topological polar surface area (TPSA) is 37.4 Å². The van der Waals surface area contributed by atoms with E-state index in [1.807, 2.05) is 13.8 Å². The molecule has 0 N–H and O–H groups in total. The van der Waals surface area contributed by atoms with Gasteiger partial charge in [0.1, 0.15) is 0 Å². The Hall–Kier alpha value is -2.11. The van der Waals surface area contributed by atoms with Crippen LogP contribution in [0, 0.1) is 23.7 Å². The van der Waals surface area contributed by atoms with Crippen molar-refractivity contribution in [2.24, 2.45) is 23.7 Å². The molecule has 1 aromatic carbocycles. The maximum Gasteiger partial charge on any atom is 0.416 e. The average Bonchev–Trinajstić information content (AvgIpc) is 3.17. The molecule has 3 aliphatic rings. The minimum atomic E-state index is -4.51. The van der Waals surface area contributed by atoms with Crippen molar-refractivity contribution in [3.05, 3.63) is 41.0 Å². The lowest BCUT2D eigenvalue weighted by Gasteiger charge is -2.20. The van der Waals surface area contributed by atoms with Crippen LogP contribution in [-0.4, -0.2) is 11.8 Å². The summed E-state index contributed by atoms with van der Waals surface area (Å²) in [5.74, 6) is -1.39. The van der Waals surface area contributed by atoms with Gasteiger partial charge in [0, 0.05) is 0 Å². The van der Waals surface area contributed by atoms with Crippen LogP contribution in [0.3, 0.4) is 0 Å². The number of benzene rings is 1. The van der Waals surface area contributed by atoms with Crippen molar-refractivity contribution in [3.8, 4) is 0 Å². The predicted octanol–water partition coefficient (Wildman–Crippen LogP) is 4.19. The molecule has 4 atom stereocenters. The van der Waals surface area contributed by atoms with Gasteiger partial charge in [-0.25, -0.2) is 0 Å². The number of carbonyl (C=O) groups excluding carboxylic acids is 2. The molecule has 3 fully saturated rings. The molecule has 2 saturated carbocycles. The molecule has 2 amide bonds. The second kappa shape index (κ2) is 5.19. The van der Waals surface area contributed by atoms with Gasteiger partial charge in [-0.2, -0.15) is 13.2 Å². The fraction of sp³-hybridized carbons (Fsp3) is 0.474. The first kappa shape index (κ1) is 16.4. The number of hydrogen-bond acceptors (Lipinski definition) is 2. The van der Waals surface area contributed by atoms with Crippen LogP contribution in [0.1, 0.15) is 32.3 Å². The van der Waals surface area contributed by atoms with Gasteiger partial charge in [-0.3, -0.25) is 14.5 Å². The number of imide groups is 1. The van der Waals surface area contributed by atoms with Gasteiger partial charge >= 0.3 is 6.18 Å². The summed E-state index contributed by atoms with van der Waals surface area (Å²) in [6.45, 7) is 4.00. The van der Waals surface area contributed by atoms with Crippen molar-refractivity contribution in [2.75, 3.05) is 4.90 Å². The van der Waals surface area contributed by atoms with Crippen molar-refractivity contribution >= 4 is 17.5 Å². The number of amides is 2. The second-order valence-corrected chi connectivity index (χ2v) is 7.36. The fourth-order valence-corrected chi connectivity index (χ4v) is 5.07. The molecule has 25 heavy (non-hydrogen) atoms. The van der Waals surface area contributed by atoms with Gasteiger partial charge in [-0.05, 0) is 56.7 Å². The summed E-state index contributed by atoms with van der Waals surface area (Å²) in [6, 6.07) is 4.47. The number of nitrogens with zero attached hydrogens (tertiary/aromatic N) is 1. The first-order valence-corrected chi connectivity index (χ1v) is 8.44. The van der Waals surface area contributed by atoms with Gasteiger partial charge in [0.2, 0.25) is 11.8 Å². The number of hydrogen-bond donors (Lipinski definition) is 0. The Labute approximate surface area is 143 Å². The van der Waals surface area contributed by atoms with E-state index in [1.54, 1.807) is 0 Å². The zero-order valence-electron chi connectivity index (χ0n) is 13.9. The largest absolute Gasteiger partial charge is 0.416 e. The van der Waals surface area contributed by atoms with Gasteiger partial charge in [0.05, 0.1) is 23.1 Å². The van der Waals surface area contributed by atoms with Crippen LogP contribution in [0.4, 0.5) is 18.9 Å². The number of fused-ring (bicyclic) bond motifs is 5. The molecular weight excluding hydrogens is 331 g/mol. The minimum absolute atomic E-state index is 0.0253. The highest BCUT2D eigenvalue weighted by Gasteiger charge is 2.63. The van der Waals surface area contributed by atoms with E-state index in [0.29, 0.717) is 0 Å². The molecule has 1 heterocycles. The van der Waals surface area contributed by atoms with E-state index in [9.17, 15) is 22.8 Å². The molecule has 6 heteroatoms. The summed E-state index contributed by atoms with van der Waals surface area (Å²) in [5, 5.41) is 0. The summed E-state index contributed by atoms with van der Waals surface area (Å²) in [4.78, 5) is 26.8. The zero-order valence-corrected chi connectivity index (χ0v) is 13.9. The van der Waals surface area contributed by atoms with E-state index in [1.165, 1.54) is 17.7 Å². The quantitative estimate of drug-likeness (QED) is 0.563. The van der Waals surface area contributed by atoms with Crippen LogP contribution in [0.2, 0.25) is 0 Å². The number of carbonyl (C=O) groups is 2. The monoisotopic (exact) mass is 349 g/mol. The summed E-state index contributed by atoms with van der Waals surface area (Å²) in [5.41, 5.74) is 1.56. The Kier molecular flexibility index (Phi) is 3.40. The van der Waals surface area contributed by atoms with Crippen LogP contribution in [0.25, 0.3) is 0 Å². The predicted molar refractivity (Wildman–Crippen MR) is 85.5 cm³/mol. The molecule has 0 spiro atoms. The van der Waals surface area contributed by atoms with Crippen LogP contribution in [0.5, 0.6) is 0 Å². The lowest BCUT2D eigenvalue weighted by atomic mass is 9.81.